The third-order valence-electron chi connectivity index (χ3n) is 2.95. The van der Waals surface area contributed by atoms with Crippen LogP contribution in [0.25, 0.3) is 10.2 Å². The average Bonchev–Trinajstić information content (AvgIpc) is 2.80. The molecule has 0 saturated heterocycles. The number of hydrogen-bond donors (Lipinski definition) is 1. The van der Waals surface area contributed by atoms with E-state index in [1.807, 2.05) is 43.3 Å². The number of fused-ring (bicyclic) bond motifs is 1. The van der Waals surface area contributed by atoms with Gasteiger partial charge in [0.05, 0.1) is 23.0 Å². The Hall–Kier alpha value is -1.78. The molecule has 3 nitrogen and oxygen atoms in total. The van der Waals surface area contributed by atoms with Crippen LogP contribution in [-0.2, 0) is 0 Å². The zero-order valence-corrected chi connectivity index (χ0v) is 12.7. The fourth-order valence-electron chi connectivity index (χ4n) is 1.99. The number of aromatic nitrogens is 1. The molecular weight excluding hydrogens is 292 g/mol. The summed E-state index contributed by atoms with van der Waals surface area (Å²) in [6, 6.07) is 11.7. The Labute approximate surface area is 126 Å². The van der Waals surface area contributed by atoms with Crippen molar-refractivity contribution in [3.63, 3.8) is 0 Å². The number of anilines is 2. The molecule has 0 aliphatic rings. The van der Waals surface area contributed by atoms with Crippen LogP contribution in [0.15, 0.2) is 36.4 Å². The lowest BCUT2D eigenvalue weighted by Crippen LogP contribution is -1.94. The molecule has 0 amide bonds. The maximum absolute atomic E-state index is 6.00. The molecule has 3 aromatic rings. The van der Waals surface area contributed by atoms with Gasteiger partial charge in [0.1, 0.15) is 5.75 Å². The maximum Gasteiger partial charge on any atom is 0.188 e. The van der Waals surface area contributed by atoms with Gasteiger partial charge in [0.15, 0.2) is 5.13 Å². The zero-order chi connectivity index (χ0) is 14.1. The summed E-state index contributed by atoms with van der Waals surface area (Å²) in [5.74, 6) is 0.799. The molecule has 0 spiro atoms. The summed E-state index contributed by atoms with van der Waals surface area (Å²) in [7, 11) is 1.66. The predicted octanol–water partition coefficient (Wildman–Crippen LogP) is 5.01. The molecule has 2 aromatic carbocycles. The summed E-state index contributed by atoms with van der Waals surface area (Å²) in [6.45, 7) is 2.04. The van der Waals surface area contributed by atoms with Gasteiger partial charge in [-0.1, -0.05) is 29.0 Å². The largest absolute Gasteiger partial charge is 0.495 e. The SMILES string of the molecule is COc1ccc(C)cc1Nc1nc2ccc(Cl)cc2s1. The number of methoxy groups -OCH3 is 1. The molecule has 1 heterocycles. The van der Waals surface area contributed by atoms with Gasteiger partial charge >= 0.3 is 0 Å². The molecule has 3 rings (SSSR count). The molecule has 1 aromatic heterocycles. The van der Waals surface area contributed by atoms with Crippen LogP contribution in [0.3, 0.4) is 0 Å². The van der Waals surface area contributed by atoms with Crippen LogP contribution in [0.2, 0.25) is 5.02 Å². The molecule has 0 unspecified atom stereocenters. The number of halogens is 1. The van der Waals surface area contributed by atoms with Crippen LogP contribution >= 0.6 is 22.9 Å². The fraction of sp³-hybridized carbons (Fsp3) is 0.133. The van der Waals surface area contributed by atoms with Crippen LogP contribution < -0.4 is 10.1 Å². The number of nitrogens with one attached hydrogen (secondary N) is 1. The number of thiazole rings is 1. The molecule has 0 fully saturated rings. The van der Waals surface area contributed by atoms with Gasteiger partial charge in [-0.15, -0.1) is 0 Å². The first-order valence-corrected chi connectivity index (χ1v) is 7.33. The molecule has 102 valence electrons. The first-order valence-electron chi connectivity index (χ1n) is 6.13. The lowest BCUT2D eigenvalue weighted by atomic mass is 10.2. The van der Waals surface area contributed by atoms with Gasteiger partial charge in [0, 0.05) is 5.02 Å². The third kappa shape index (κ3) is 2.57. The van der Waals surface area contributed by atoms with E-state index in [0.717, 1.165) is 37.4 Å². The molecule has 0 atom stereocenters. The first-order chi connectivity index (χ1) is 9.65. The van der Waals surface area contributed by atoms with Crippen molar-refractivity contribution in [2.45, 2.75) is 6.92 Å². The fourth-order valence-corrected chi connectivity index (χ4v) is 3.14. The minimum absolute atomic E-state index is 0.723. The van der Waals surface area contributed by atoms with Crippen molar-refractivity contribution in [3.05, 3.63) is 47.0 Å². The topological polar surface area (TPSA) is 34.1 Å². The van der Waals surface area contributed by atoms with E-state index >= 15 is 0 Å². The molecule has 20 heavy (non-hydrogen) atoms. The van der Waals surface area contributed by atoms with Crippen LogP contribution in [0, 0.1) is 6.92 Å². The van der Waals surface area contributed by atoms with E-state index in [2.05, 4.69) is 10.3 Å². The summed E-state index contributed by atoms with van der Waals surface area (Å²) in [6.07, 6.45) is 0. The standard InChI is InChI=1S/C15H13ClN2OS/c1-9-3-6-13(19-2)12(7-9)18-15-17-11-5-4-10(16)8-14(11)20-15/h3-8H,1-2H3,(H,17,18). The summed E-state index contributed by atoms with van der Waals surface area (Å²) in [4.78, 5) is 4.55. The number of rotatable bonds is 3. The van der Waals surface area contributed by atoms with Crippen molar-refractivity contribution in [3.8, 4) is 5.75 Å². The van der Waals surface area contributed by atoms with Gasteiger partial charge in [-0.2, -0.15) is 0 Å². The van der Waals surface area contributed by atoms with Gasteiger partial charge in [0.2, 0.25) is 0 Å². The van der Waals surface area contributed by atoms with Crippen LogP contribution in [-0.4, -0.2) is 12.1 Å². The normalized spacial score (nSPS) is 10.8. The predicted molar refractivity (Wildman–Crippen MR) is 85.6 cm³/mol. The van der Waals surface area contributed by atoms with Crippen molar-refractivity contribution in [1.82, 2.24) is 4.98 Å². The second-order valence-electron chi connectivity index (χ2n) is 4.46. The Morgan fingerprint density at radius 1 is 1.20 bits per heavy atom. The molecule has 5 heteroatoms. The average molecular weight is 305 g/mol. The van der Waals surface area contributed by atoms with Crippen molar-refractivity contribution < 1.29 is 4.74 Å². The molecular formula is C15H13ClN2OS. The Kier molecular flexibility index (Phi) is 3.51. The van der Waals surface area contributed by atoms with E-state index in [4.69, 9.17) is 16.3 Å². The van der Waals surface area contributed by atoms with E-state index in [9.17, 15) is 0 Å². The smallest absolute Gasteiger partial charge is 0.188 e. The van der Waals surface area contributed by atoms with Crippen LogP contribution in [0.4, 0.5) is 10.8 Å². The lowest BCUT2D eigenvalue weighted by Gasteiger charge is -2.09. The Morgan fingerprint density at radius 2 is 2.05 bits per heavy atom. The van der Waals surface area contributed by atoms with E-state index in [1.165, 1.54) is 0 Å². The van der Waals surface area contributed by atoms with Crippen molar-refractivity contribution in [2.75, 3.05) is 12.4 Å². The number of benzene rings is 2. The van der Waals surface area contributed by atoms with E-state index in [1.54, 1.807) is 18.4 Å². The number of aryl methyl sites for hydroxylation is 1. The van der Waals surface area contributed by atoms with Gasteiger partial charge in [-0.3, -0.25) is 0 Å². The Bertz CT molecular complexity index is 770. The number of hydrogen-bond acceptors (Lipinski definition) is 4. The van der Waals surface area contributed by atoms with Crippen molar-refractivity contribution >= 4 is 44.0 Å². The quantitative estimate of drug-likeness (QED) is 0.738. The maximum atomic E-state index is 6.00. The molecule has 0 radical (unpaired) electrons. The summed E-state index contributed by atoms with van der Waals surface area (Å²) in [5.41, 5.74) is 3.02. The number of nitrogens with zero attached hydrogens (tertiary/aromatic N) is 1. The monoisotopic (exact) mass is 304 g/mol. The Morgan fingerprint density at radius 3 is 2.85 bits per heavy atom. The molecule has 0 aliphatic heterocycles. The van der Waals surface area contributed by atoms with Crippen molar-refractivity contribution in [1.29, 1.82) is 0 Å². The Balaban J connectivity index is 1.98. The highest BCUT2D eigenvalue weighted by Gasteiger charge is 2.08. The van der Waals surface area contributed by atoms with Gasteiger partial charge in [-0.05, 0) is 42.8 Å². The highest BCUT2D eigenvalue weighted by Crippen LogP contribution is 2.33. The van der Waals surface area contributed by atoms with E-state index in [-0.39, 0.29) is 0 Å². The van der Waals surface area contributed by atoms with Gasteiger partial charge in [-0.25, -0.2) is 4.98 Å². The van der Waals surface area contributed by atoms with Gasteiger partial charge in [0.25, 0.3) is 0 Å². The van der Waals surface area contributed by atoms with Crippen LogP contribution in [0.5, 0.6) is 5.75 Å². The van der Waals surface area contributed by atoms with Crippen molar-refractivity contribution in [2.24, 2.45) is 0 Å². The molecule has 1 N–H and O–H groups in total. The highest BCUT2D eigenvalue weighted by molar-refractivity contribution is 7.22. The minimum Gasteiger partial charge on any atom is -0.495 e. The van der Waals surface area contributed by atoms with E-state index < -0.39 is 0 Å². The highest BCUT2D eigenvalue weighted by atomic mass is 35.5. The van der Waals surface area contributed by atoms with Gasteiger partial charge < -0.3 is 10.1 Å². The third-order valence-corrected chi connectivity index (χ3v) is 4.12. The summed E-state index contributed by atoms with van der Waals surface area (Å²) < 4.78 is 6.42. The second kappa shape index (κ2) is 5.31. The second-order valence-corrected chi connectivity index (χ2v) is 5.93. The van der Waals surface area contributed by atoms with Crippen LogP contribution in [0.1, 0.15) is 5.56 Å². The number of ether oxygens (including phenoxy) is 1. The molecule has 0 bridgehead atoms. The minimum atomic E-state index is 0.723. The van der Waals surface area contributed by atoms with E-state index in [0.29, 0.717) is 0 Å². The zero-order valence-electron chi connectivity index (χ0n) is 11.1. The summed E-state index contributed by atoms with van der Waals surface area (Å²) in [5, 5.41) is 4.86. The molecule has 0 saturated carbocycles. The lowest BCUT2D eigenvalue weighted by molar-refractivity contribution is 0.416. The summed E-state index contributed by atoms with van der Waals surface area (Å²) >= 11 is 7.56. The first kappa shape index (κ1) is 13.2. The molecule has 0 aliphatic carbocycles.